The van der Waals surface area contributed by atoms with Gasteiger partial charge in [0.2, 0.25) is 0 Å². The Balaban J connectivity index is 2.52. The van der Waals surface area contributed by atoms with Gasteiger partial charge in [-0.05, 0) is 19.9 Å². The third-order valence-electron chi connectivity index (χ3n) is 2.00. The van der Waals surface area contributed by atoms with Gasteiger partial charge in [-0.1, -0.05) is 23.7 Å². The number of halogens is 1. The first-order chi connectivity index (χ1) is 7.65. The van der Waals surface area contributed by atoms with E-state index in [1.54, 1.807) is 18.2 Å². The molecule has 1 aromatic rings. The van der Waals surface area contributed by atoms with E-state index in [1.165, 1.54) is 0 Å². The number of benzene rings is 1. The summed E-state index contributed by atoms with van der Waals surface area (Å²) in [4.78, 5) is 0. The van der Waals surface area contributed by atoms with E-state index in [1.807, 2.05) is 13.8 Å². The van der Waals surface area contributed by atoms with Crippen LogP contribution in [0.1, 0.15) is 19.4 Å². The van der Waals surface area contributed by atoms with Crippen LogP contribution in [0.4, 0.5) is 0 Å². The smallest absolute Gasteiger partial charge is 0.143 e. The number of aliphatic hydroxyl groups is 1. The molecule has 0 aliphatic heterocycles. The summed E-state index contributed by atoms with van der Waals surface area (Å²) in [6.45, 7) is 4.78. The van der Waals surface area contributed by atoms with Crippen molar-refractivity contribution in [3.05, 3.63) is 28.8 Å². The first kappa shape index (κ1) is 13.3. The Kier molecular flexibility index (Phi) is 5.60. The van der Waals surface area contributed by atoms with E-state index in [9.17, 15) is 0 Å². The van der Waals surface area contributed by atoms with Crippen molar-refractivity contribution in [2.75, 3.05) is 13.2 Å². The van der Waals surface area contributed by atoms with Gasteiger partial charge in [-0.25, -0.2) is 0 Å². The molecule has 1 rings (SSSR count). The molecule has 0 aliphatic carbocycles. The van der Waals surface area contributed by atoms with E-state index in [0.717, 1.165) is 0 Å². The summed E-state index contributed by atoms with van der Waals surface area (Å²) in [6, 6.07) is 5.30. The van der Waals surface area contributed by atoms with Crippen molar-refractivity contribution in [3.63, 3.8) is 0 Å². The van der Waals surface area contributed by atoms with Crippen molar-refractivity contribution in [1.82, 2.24) is 0 Å². The second kappa shape index (κ2) is 6.74. The van der Waals surface area contributed by atoms with Crippen LogP contribution in [-0.2, 0) is 11.3 Å². The molecule has 4 heteroatoms. The van der Waals surface area contributed by atoms with Crippen LogP contribution in [0.3, 0.4) is 0 Å². The zero-order chi connectivity index (χ0) is 12.0. The molecule has 0 aromatic heterocycles. The summed E-state index contributed by atoms with van der Waals surface area (Å²) in [5.74, 6) is 0.541. The molecule has 0 heterocycles. The lowest BCUT2D eigenvalue weighted by atomic mass is 10.2. The molecule has 90 valence electrons. The van der Waals surface area contributed by atoms with Crippen molar-refractivity contribution in [2.45, 2.75) is 26.6 Å². The Morgan fingerprint density at radius 3 is 2.69 bits per heavy atom. The molecule has 0 saturated heterocycles. The number of rotatable bonds is 6. The molecule has 1 N–H and O–H groups in total. The van der Waals surface area contributed by atoms with Crippen molar-refractivity contribution in [2.24, 2.45) is 0 Å². The fourth-order valence-corrected chi connectivity index (χ4v) is 1.52. The predicted molar refractivity (Wildman–Crippen MR) is 64.0 cm³/mol. The van der Waals surface area contributed by atoms with Crippen LogP contribution in [0, 0.1) is 0 Å². The molecule has 0 spiro atoms. The van der Waals surface area contributed by atoms with Gasteiger partial charge >= 0.3 is 0 Å². The average Bonchev–Trinajstić information content (AvgIpc) is 2.25. The zero-order valence-electron chi connectivity index (χ0n) is 9.57. The van der Waals surface area contributed by atoms with Crippen LogP contribution in [0.2, 0.25) is 5.02 Å². The Morgan fingerprint density at radius 1 is 1.31 bits per heavy atom. The molecule has 0 saturated carbocycles. The minimum Gasteiger partial charge on any atom is -0.489 e. The van der Waals surface area contributed by atoms with Crippen LogP contribution in [-0.4, -0.2) is 24.4 Å². The lowest BCUT2D eigenvalue weighted by Gasteiger charge is -2.12. The van der Waals surface area contributed by atoms with Gasteiger partial charge in [0.1, 0.15) is 12.4 Å². The molecular formula is C12H17ClO3. The minimum atomic E-state index is -0.0824. The Bertz CT molecular complexity index is 326. The Labute approximate surface area is 101 Å². The van der Waals surface area contributed by atoms with Gasteiger partial charge in [0, 0.05) is 5.56 Å². The third kappa shape index (κ3) is 4.00. The summed E-state index contributed by atoms with van der Waals surface area (Å²) >= 11 is 5.97. The molecule has 1 aromatic carbocycles. The maximum Gasteiger partial charge on any atom is 0.143 e. The highest BCUT2D eigenvalue weighted by Gasteiger charge is 2.07. The zero-order valence-corrected chi connectivity index (χ0v) is 10.3. The monoisotopic (exact) mass is 244 g/mol. The molecule has 0 bridgehead atoms. The molecule has 0 aliphatic rings. The normalized spacial score (nSPS) is 10.8. The fourth-order valence-electron chi connectivity index (χ4n) is 1.27. The second-order valence-corrected chi connectivity index (χ2v) is 4.06. The lowest BCUT2D eigenvalue weighted by Crippen LogP contribution is -2.12. The summed E-state index contributed by atoms with van der Waals surface area (Å²) in [5, 5.41) is 9.63. The molecule has 16 heavy (non-hydrogen) atoms. The summed E-state index contributed by atoms with van der Waals surface area (Å²) in [6.07, 6.45) is 0.187. The van der Waals surface area contributed by atoms with Crippen LogP contribution in [0.25, 0.3) is 0 Å². The first-order valence-electron chi connectivity index (χ1n) is 5.27. The SMILES string of the molecule is CC(C)OCCOc1c(Cl)cccc1CO. The highest BCUT2D eigenvalue weighted by Crippen LogP contribution is 2.28. The van der Waals surface area contributed by atoms with Crippen molar-refractivity contribution in [3.8, 4) is 5.75 Å². The van der Waals surface area contributed by atoms with E-state index >= 15 is 0 Å². The van der Waals surface area contributed by atoms with Gasteiger partial charge in [-0.2, -0.15) is 0 Å². The summed E-state index contributed by atoms with van der Waals surface area (Å²) in [7, 11) is 0. The largest absolute Gasteiger partial charge is 0.489 e. The van der Waals surface area contributed by atoms with Crippen molar-refractivity contribution in [1.29, 1.82) is 0 Å². The molecule has 0 unspecified atom stereocenters. The number of hydrogen-bond donors (Lipinski definition) is 1. The second-order valence-electron chi connectivity index (χ2n) is 3.65. The van der Waals surface area contributed by atoms with Gasteiger partial charge in [0.05, 0.1) is 24.3 Å². The average molecular weight is 245 g/mol. The molecule has 0 amide bonds. The topological polar surface area (TPSA) is 38.7 Å². The maximum absolute atomic E-state index is 9.12. The van der Waals surface area contributed by atoms with Gasteiger partial charge in [-0.3, -0.25) is 0 Å². The summed E-state index contributed by atoms with van der Waals surface area (Å²) < 4.78 is 10.8. The minimum absolute atomic E-state index is 0.0824. The van der Waals surface area contributed by atoms with E-state index in [0.29, 0.717) is 29.5 Å². The standard InChI is InChI=1S/C12H17ClO3/c1-9(2)15-6-7-16-12-10(8-14)4-3-5-11(12)13/h3-5,9,14H,6-8H2,1-2H3. The molecular weight excluding hydrogens is 228 g/mol. The molecule has 0 fully saturated rings. The van der Waals surface area contributed by atoms with E-state index in [4.69, 9.17) is 26.2 Å². The van der Waals surface area contributed by atoms with Crippen LogP contribution in [0.15, 0.2) is 18.2 Å². The van der Waals surface area contributed by atoms with Crippen LogP contribution >= 0.6 is 11.6 Å². The number of aliphatic hydroxyl groups excluding tert-OH is 1. The predicted octanol–water partition coefficient (Wildman–Crippen LogP) is 2.64. The van der Waals surface area contributed by atoms with Gasteiger partial charge in [-0.15, -0.1) is 0 Å². The van der Waals surface area contributed by atoms with Gasteiger partial charge in [0.15, 0.2) is 0 Å². The number of ether oxygens (including phenoxy) is 2. The highest BCUT2D eigenvalue weighted by atomic mass is 35.5. The maximum atomic E-state index is 9.12. The third-order valence-corrected chi connectivity index (χ3v) is 2.30. The van der Waals surface area contributed by atoms with E-state index in [2.05, 4.69) is 0 Å². The van der Waals surface area contributed by atoms with Crippen LogP contribution in [0.5, 0.6) is 5.75 Å². The van der Waals surface area contributed by atoms with Gasteiger partial charge in [0.25, 0.3) is 0 Å². The molecule has 3 nitrogen and oxygen atoms in total. The first-order valence-corrected chi connectivity index (χ1v) is 5.65. The highest BCUT2D eigenvalue weighted by molar-refractivity contribution is 6.32. The number of hydrogen-bond acceptors (Lipinski definition) is 3. The fraction of sp³-hybridized carbons (Fsp3) is 0.500. The number of para-hydroxylation sites is 1. The molecule has 0 atom stereocenters. The van der Waals surface area contributed by atoms with Crippen molar-refractivity contribution < 1.29 is 14.6 Å². The van der Waals surface area contributed by atoms with Crippen molar-refractivity contribution >= 4 is 11.6 Å². The van der Waals surface area contributed by atoms with Gasteiger partial charge < -0.3 is 14.6 Å². The quantitative estimate of drug-likeness (QED) is 0.782. The van der Waals surface area contributed by atoms with Crippen LogP contribution < -0.4 is 4.74 Å². The lowest BCUT2D eigenvalue weighted by molar-refractivity contribution is 0.0548. The Morgan fingerprint density at radius 2 is 2.06 bits per heavy atom. The summed E-state index contributed by atoms with van der Waals surface area (Å²) in [5.41, 5.74) is 0.692. The van der Waals surface area contributed by atoms with E-state index < -0.39 is 0 Å². The van der Waals surface area contributed by atoms with E-state index in [-0.39, 0.29) is 12.7 Å². The Hall–Kier alpha value is -0.770. The molecule has 0 radical (unpaired) electrons.